The predicted molar refractivity (Wildman–Crippen MR) is 45.4 cm³/mol. The minimum Gasteiger partial charge on any atom is -0.480 e. The van der Waals surface area contributed by atoms with Gasteiger partial charge in [0.1, 0.15) is 12.3 Å². The van der Waals surface area contributed by atoms with Crippen molar-refractivity contribution < 1.29 is 19.1 Å². The zero-order valence-electron chi connectivity index (χ0n) is 7.56. The normalized spacial score (nSPS) is 12.1. The van der Waals surface area contributed by atoms with E-state index in [9.17, 15) is 9.59 Å². The van der Waals surface area contributed by atoms with Gasteiger partial charge in [0.25, 0.3) is 0 Å². The Kier molecular flexibility index (Phi) is 3.22. The maximum atomic E-state index is 11.2. The van der Waals surface area contributed by atoms with E-state index in [1.807, 2.05) is 0 Å². The minimum absolute atomic E-state index is 0.0219. The molecule has 0 saturated carbocycles. The van der Waals surface area contributed by atoms with Gasteiger partial charge in [-0.3, -0.25) is 9.59 Å². The van der Waals surface area contributed by atoms with Crippen molar-refractivity contribution in [2.75, 3.05) is 0 Å². The standard InChI is InChI=1S/C8H10N2O4/c1-5(8(12)13)10-7(11)2-6-3-14-4-9-6/h3-5H,2H2,1H3,(H,10,11)(H,12,13)/t5-/m0/s1. The Morgan fingerprint density at radius 2 is 2.43 bits per heavy atom. The Bertz CT molecular complexity index is 320. The average molecular weight is 198 g/mol. The van der Waals surface area contributed by atoms with Gasteiger partial charge in [-0.25, -0.2) is 4.98 Å². The van der Waals surface area contributed by atoms with Crippen molar-refractivity contribution in [1.29, 1.82) is 0 Å². The van der Waals surface area contributed by atoms with E-state index in [0.717, 1.165) is 0 Å². The van der Waals surface area contributed by atoms with Crippen LogP contribution in [0.2, 0.25) is 0 Å². The first-order chi connectivity index (χ1) is 6.59. The van der Waals surface area contributed by atoms with Crippen molar-refractivity contribution in [3.05, 3.63) is 18.4 Å². The first-order valence-corrected chi connectivity index (χ1v) is 3.99. The summed E-state index contributed by atoms with van der Waals surface area (Å²) in [4.78, 5) is 25.3. The van der Waals surface area contributed by atoms with Crippen LogP contribution >= 0.6 is 0 Å². The summed E-state index contributed by atoms with van der Waals surface area (Å²) in [6.07, 6.45) is 2.57. The largest absolute Gasteiger partial charge is 0.480 e. The third-order valence-corrected chi connectivity index (χ3v) is 1.57. The lowest BCUT2D eigenvalue weighted by atomic mass is 10.3. The average Bonchev–Trinajstić information content (AvgIpc) is 2.56. The molecule has 1 aromatic heterocycles. The van der Waals surface area contributed by atoms with Gasteiger partial charge in [0.05, 0.1) is 12.1 Å². The van der Waals surface area contributed by atoms with Gasteiger partial charge in [0.2, 0.25) is 5.91 Å². The smallest absolute Gasteiger partial charge is 0.325 e. The summed E-state index contributed by atoms with van der Waals surface area (Å²) >= 11 is 0. The fourth-order valence-electron chi connectivity index (χ4n) is 0.844. The van der Waals surface area contributed by atoms with E-state index in [4.69, 9.17) is 5.11 Å². The molecule has 76 valence electrons. The van der Waals surface area contributed by atoms with E-state index in [0.29, 0.717) is 5.69 Å². The van der Waals surface area contributed by atoms with Crippen molar-refractivity contribution in [1.82, 2.24) is 10.3 Å². The molecule has 0 spiro atoms. The molecule has 0 aliphatic carbocycles. The van der Waals surface area contributed by atoms with Gasteiger partial charge in [0, 0.05) is 0 Å². The van der Waals surface area contributed by atoms with Gasteiger partial charge in [-0.05, 0) is 6.92 Å². The molecule has 6 nitrogen and oxygen atoms in total. The highest BCUT2D eigenvalue weighted by atomic mass is 16.4. The second kappa shape index (κ2) is 4.40. The summed E-state index contributed by atoms with van der Waals surface area (Å²) in [5.74, 6) is -1.47. The molecule has 1 amide bonds. The van der Waals surface area contributed by atoms with Crippen LogP contribution in [0.5, 0.6) is 0 Å². The van der Waals surface area contributed by atoms with Crippen LogP contribution in [0, 0.1) is 0 Å². The van der Waals surface area contributed by atoms with Crippen molar-refractivity contribution in [2.24, 2.45) is 0 Å². The second-order valence-electron chi connectivity index (χ2n) is 2.78. The number of hydrogen-bond donors (Lipinski definition) is 2. The Morgan fingerprint density at radius 3 is 2.93 bits per heavy atom. The number of amides is 1. The van der Waals surface area contributed by atoms with Gasteiger partial charge < -0.3 is 14.8 Å². The van der Waals surface area contributed by atoms with Crippen LogP contribution in [-0.4, -0.2) is 28.0 Å². The molecule has 14 heavy (non-hydrogen) atoms. The number of carboxylic acids is 1. The van der Waals surface area contributed by atoms with Crippen LogP contribution in [0.15, 0.2) is 17.1 Å². The monoisotopic (exact) mass is 198 g/mol. The molecule has 0 aromatic carbocycles. The number of nitrogens with zero attached hydrogens (tertiary/aromatic N) is 1. The zero-order valence-corrected chi connectivity index (χ0v) is 7.56. The molecule has 1 atom stereocenters. The number of carbonyl (C=O) groups is 2. The SMILES string of the molecule is C[C@H](NC(=O)Cc1cocn1)C(=O)O. The molecular formula is C8H10N2O4. The second-order valence-corrected chi connectivity index (χ2v) is 2.78. The number of carbonyl (C=O) groups excluding carboxylic acids is 1. The summed E-state index contributed by atoms with van der Waals surface area (Å²) < 4.78 is 4.66. The molecule has 6 heteroatoms. The van der Waals surface area contributed by atoms with E-state index < -0.39 is 17.9 Å². The van der Waals surface area contributed by atoms with Gasteiger partial charge in [-0.1, -0.05) is 0 Å². The summed E-state index contributed by atoms with van der Waals surface area (Å²) in [5.41, 5.74) is 0.472. The van der Waals surface area contributed by atoms with Crippen LogP contribution in [-0.2, 0) is 16.0 Å². The molecular weight excluding hydrogens is 188 g/mol. The van der Waals surface area contributed by atoms with E-state index in [1.54, 1.807) is 0 Å². The third-order valence-electron chi connectivity index (χ3n) is 1.57. The molecule has 0 radical (unpaired) electrons. The molecule has 1 rings (SSSR count). The number of aliphatic carboxylic acids is 1. The maximum Gasteiger partial charge on any atom is 0.325 e. The highest BCUT2D eigenvalue weighted by Crippen LogP contribution is 1.95. The van der Waals surface area contributed by atoms with Gasteiger partial charge in [-0.2, -0.15) is 0 Å². The van der Waals surface area contributed by atoms with Crippen LogP contribution < -0.4 is 5.32 Å². The Morgan fingerprint density at radius 1 is 1.71 bits per heavy atom. The van der Waals surface area contributed by atoms with Crippen molar-refractivity contribution >= 4 is 11.9 Å². The van der Waals surface area contributed by atoms with Crippen molar-refractivity contribution in [3.63, 3.8) is 0 Å². The lowest BCUT2D eigenvalue weighted by molar-refractivity contribution is -0.141. The number of hydrogen-bond acceptors (Lipinski definition) is 4. The highest BCUT2D eigenvalue weighted by Gasteiger charge is 2.14. The molecule has 2 N–H and O–H groups in total. The van der Waals surface area contributed by atoms with E-state index in [2.05, 4.69) is 14.7 Å². The number of nitrogens with one attached hydrogen (secondary N) is 1. The molecule has 0 fully saturated rings. The topological polar surface area (TPSA) is 92.4 Å². The Balaban J connectivity index is 2.40. The van der Waals surface area contributed by atoms with E-state index in [1.165, 1.54) is 19.6 Å². The number of oxazole rings is 1. The van der Waals surface area contributed by atoms with Crippen LogP contribution in [0.1, 0.15) is 12.6 Å². The molecule has 1 heterocycles. The van der Waals surface area contributed by atoms with E-state index >= 15 is 0 Å². The predicted octanol–water partition coefficient (Wildman–Crippen LogP) is -0.194. The molecule has 0 unspecified atom stereocenters. The first kappa shape index (κ1) is 10.2. The number of rotatable bonds is 4. The number of aromatic nitrogens is 1. The van der Waals surface area contributed by atoms with Crippen LogP contribution in [0.4, 0.5) is 0 Å². The fourth-order valence-corrected chi connectivity index (χ4v) is 0.844. The molecule has 0 saturated heterocycles. The first-order valence-electron chi connectivity index (χ1n) is 3.99. The summed E-state index contributed by atoms with van der Waals surface area (Å²) in [6, 6.07) is -0.894. The zero-order chi connectivity index (χ0) is 10.6. The Labute approximate surface area is 79.9 Å². The quantitative estimate of drug-likeness (QED) is 0.699. The van der Waals surface area contributed by atoms with Crippen molar-refractivity contribution in [2.45, 2.75) is 19.4 Å². The molecule has 0 bridgehead atoms. The Hall–Kier alpha value is -1.85. The van der Waals surface area contributed by atoms with Crippen LogP contribution in [0.3, 0.4) is 0 Å². The molecule has 1 aromatic rings. The van der Waals surface area contributed by atoms with Crippen molar-refractivity contribution in [3.8, 4) is 0 Å². The lowest BCUT2D eigenvalue weighted by Gasteiger charge is -2.07. The third kappa shape index (κ3) is 2.89. The maximum absolute atomic E-state index is 11.2. The summed E-state index contributed by atoms with van der Waals surface area (Å²) in [6.45, 7) is 1.39. The van der Waals surface area contributed by atoms with E-state index in [-0.39, 0.29) is 6.42 Å². The molecule has 0 aliphatic rings. The number of carboxylic acid groups (broad SMARTS) is 1. The highest BCUT2D eigenvalue weighted by molar-refractivity contribution is 5.84. The molecule has 0 aliphatic heterocycles. The van der Waals surface area contributed by atoms with Crippen LogP contribution in [0.25, 0.3) is 0 Å². The summed E-state index contributed by atoms with van der Waals surface area (Å²) in [5, 5.41) is 10.8. The summed E-state index contributed by atoms with van der Waals surface area (Å²) in [7, 11) is 0. The fraction of sp³-hybridized carbons (Fsp3) is 0.375. The lowest BCUT2D eigenvalue weighted by Crippen LogP contribution is -2.39. The van der Waals surface area contributed by atoms with Gasteiger partial charge in [-0.15, -0.1) is 0 Å². The minimum atomic E-state index is -1.07. The van der Waals surface area contributed by atoms with Gasteiger partial charge >= 0.3 is 5.97 Å². The van der Waals surface area contributed by atoms with Gasteiger partial charge in [0.15, 0.2) is 6.39 Å².